The van der Waals surface area contributed by atoms with Crippen molar-refractivity contribution in [2.24, 2.45) is 0 Å². The van der Waals surface area contributed by atoms with Gasteiger partial charge in [0.15, 0.2) is 0 Å². The maximum atomic E-state index is 12.1. The summed E-state index contributed by atoms with van der Waals surface area (Å²) in [6.07, 6.45) is 0. The van der Waals surface area contributed by atoms with E-state index in [1.807, 2.05) is 47.4 Å². The monoisotopic (exact) mass is 333 g/mol. The molecule has 1 saturated heterocycles. The van der Waals surface area contributed by atoms with E-state index in [9.17, 15) is 4.79 Å². The molecule has 2 aromatic carbocycles. The van der Waals surface area contributed by atoms with Crippen LogP contribution in [-0.4, -0.2) is 11.7 Å². The maximum Gasteiger partial charge on any atom is 0.238 e. The first-order chi connectivity index (χ1) is 9.25. The third-order valence-corrected chi connectivity index (χ3v) is 4.74. The largest absolute Gasteiger partial charge is 0.295 e. The van der Waals surface area contributed by atoms with Crippen LogP contribution in [0.5, 0.6) is 0 Å². The van der Waals surface area contributed by atoms with Gasteiger partial charge in [0.1, 0.15) is 5.37 Å². The molecule has 0 aromatic heterocycles. The molecule has 2 aromatic rings. The van der Waals surface area contributed by atoms with Crippen molar-refractivity contribution < 1.29 is 4.79 Å². The molecule has 96 valence electrons. The van der Waals surface area contributed by atoms with Crippen LogP contribution < -0.4 is 4.90 Å². The summed E-state index contributed by atoms with van der Waals surface area (Å²) >= 11 is 5.16. The number of nitrogens with zero attached hydrogens (tertiary/aromatic N) is 1. The van der Waals surface area contributed by atoms with Gasteiger partial charge in [-0.3, -0.25) is 9.69 Å². The molecule has 0 radical (unpaired) electrons. The Morgan fingerprint density at radius 1 is 1.11 bits per heavy atom. The molecule has 2 nitrogen and oxygen atoms in total. The summed E-state index contributed by atoms with van der Waals surface area (Å²) < 4.78 is 1.04. The lowest BCUT2D eigenvalue weighted by atomic mass is 10.2. The Hall–Kier alpha value is -1.26. The molecule has 1 heterocycles. The van der Waals surface area contributed by atoms with Crippen molar-refractivity contribution in [1.82, 2.24) is 0 Å². The summed E-state index contributed by atoms with van der Waals surface area (Å²) in [5, 5.41) is 0.0624. The zero-order valence-corrected chi connectivity index (χ0v) is 12.5. The Balaban J connectivity index is 1.99. The molecule has 0 saturated carbocycles. The molecule has 3 rings (SSSR count). The number of thioether (sulfide) groups is 1. The van der Waals surface area contributed by atoms with Gasteiger partial charge >= 0.3 is 0 Å². The molecule has 4 heteroatoms. The fourth-order valence-corrected chi connectivity index (χ4v) is 3.78. The van der Waals surface area contributed by atoms with E-state index in [1.54, 1.807) is 11.8 Å². The third-order valence-electron chi connectivity index (χ3n) is 3.04. The van der Waals surface area contributed by atoms with E-state index in [1.165, 1.54) is 0 Å². The second-order valence-corrected chi connectivity index (χ2v) is 6.30. The first-order valence-electron chi connectivity index (χ1n) is 6.00. The zero-order chi connectivity index (χ0) is 13.2. The first kappa shape index (κ1) is 12.8. The number of amides is 1. The molecule has 1 amide bonds. The SMILES string of the molecule is O=C1CSC(c2cccc(Br)c2)N1c1ccccc1. The van der Waals surface area contributed by atoms with E-state index < -0.39 is 0 Å². The zero-order valence-electron chi connectivity index (χ0n) is 10.1. The van der Waals surface area contributed by atoms with Gasteiger partial charge in [0.25, 0.3) is 0 Å². The fourth-order valence-electron chi connectivity index (χ4n) is 2.20. The highest BCUT2D eigenvalue weighted by molar-refractivity contribution is 9.10. The number of carbonyl (C=O) groups excluding carboxylic acids is 1. The fraction of sp³-hybridized carbons (Fsp3) is 0.133. The van der Waals surface area contributed by atoms with Crippen molar-refractivity contribution in [3.63, 3.8) is 0 Å². The van der Waals surface area contributed by atoms with Gasteiger partial charge in [-0.15, -0.1) is 11.8 Å². The van der Waals surface area contributed by atoms with Gasteiger partial charge in [-0.1, -0.05) is 46.3 Å². The van der Waals surface area contributed by atoms with Gasteiger partial charge in [0.2, 0.25) is 5.91 Å². The highest BCUT2D eigenvalue weighted by Gasteiger charge is 2.33. The summed E-state index contributed by atoms with van der Waals surface area (Å²) in [6, 6.07) is 18.0. The number of halogens is 1. The van der Waals surface area contributed by atoms with Crippen LogP contribution in [0.3, 0.4) is 0 Å². The maximum absolute atomic E-state index is 12.1. The second-order valence-electron chi connectivity index (χ2n) is 4.32. The summed E-state index contributed by atoms with van der Waals surface area (Å²) in [4.78, 5) is 14.0. The number of benzene rings is 2. The minimum absolute atomic E-state index is 0.0624. The molecular formula is C15H12BrNOS. The Bertz CT molecular complexity index is 602. The molecule has 1 aliphatic heterocycles. The average Bonchev–Trinajstić information content (AvgIpc) is 2.82. The van der Waals surface area contributed by atoms with Gasteiger partial charge in [-0.05, 0) is 29.8 Å². The minimum Gasteiger partial charge on any atom is -0.295 e. The Kier molecular flexibility index (Phi) is 3.62. The smallest absolute Gasteiger partial charge is 0.238 e. The van der Waals surface area contributed by atoms with E-state index in [-0.39, 0.29) is 11.3 Å². The van der Waals surface area contributed by atoms with Gasteiger partial charge in [0.05, 0.1) is 5.75 Å². The summed E-state index contributed by atoms with van der Waals surface area (Å²) in [7, 11) is 0. The van der Waals surface area contributed by atoms with E-state index >= 15 is 0 Å². The van der Waals surface area contributed by atoms with Crippen molar-refractivity contribution in [3.05, 3.63) is 64.6 Å². The summed E-state index contributed by atoms with van der Waals surface area (Å²) in [5.41, 5.74) is 2.11. The molecule has 0 aliphatic carbocycles. The molecule has 19 heavy (non-hydrogen) atoms. The standard InChI is InChI=1S/C15H12BrNOS/c16-12-6-4-5-11(9-12)15-17(14(18)10-19-15)13-7-2-1-3-8-13/h1-9,15H,10H2. The number of hydrogen-bond donors (Lipinski definition) is 0. The molecule has 0 spiro atoms. The summed E-state index contributed by atoms with van der Waals surface area (Å²) in [5.74, 6) is 0.702. The number of hydrogen-bond acceptors (Lipinski definition) is 2. The van der Waals surface area contributed by atoms with Crippen molar-refractivity contribution in [1.29, 1.82) is 0 Å². The Morgan fingerprint density at radius 2 is 1.89 bits per heavy atom. The molecule has 1 atom stereocenters. The van der Waals surface area contributed by atoms with Crippen molar-refractivity contribution in [2.75, 3.05) is 10.7 Å². The van der Waals surface area contributed by atoms with E-state index in [2.05, 4.69) is 28.1 Å². The van der Waals surface area contributed by atoms with E-state index in [0.29, 0.717) is 5.75 Å². The highest BCUT2D eigenvalue weighted by Crippen LogP contribution is 2.41. The molecule has 0 N–H and O–H groups in total. The average molecular weight is 334 g/mol. The van der Waals surface area contributed by atoms with Gasteiger partial charge in [-0.25, -0.2) is 0 Å². The normalized spacial score (nSPS) is 18.9. The van der Waals surface area contributed by atoms with Crippen LogP contribution in [0.25, 0.3) is 0 Å². The van der Waals surface area contributed by atoms with E-state index in [0.717, 1.165) is 15.7 Å². The number of para-hydroxylation sites is 1. The minimum atomic E-state index is 0.0624. The lowest BCUT2D eigenvalue weighted by molar-refractivity contribution is -0.115. The predicted octanol–water partition coefficient (Wildman–Crippen LogP) is 4.23. The Morgan fingerprint density at radius 3 is 2.63 bits per heavy atom. The van der Waals surface area contributed by atoms with Crippen LogP contribution >= 0.6 is 27.7 Å². The van der Waals surface area contributed by atoms with Crippen LogP contribution in [0.4, 0.5) is 5.69 Å². The first-order valence-corrected chi connectivity index (χ1v) is 7.84. The predicted molar refractivity (Wildman–Crippen MR) is 83.3 cm³/mol. The van der Waals surface area contributed by atoms with Crippen LogP contribution in [0.2, 0.25) is 0 Å². The van der Waals surface area contributed by atoms with Gasteiger partial charge < -0.3 is 0 Å². The van der Waals surface area contributed by atoms with Gasteiger partial charge in [-0.2, -0.15) is 0 Å². The van der Waals surface area contributed by atoms with Gasteiger partial charge in [0, 0.05) is 10.2 Å². The van der Waals surface area contributed by atoms with E-state index in [4.69, 9.17) is 0 Å². The molecule has 1 aliphatic rings. The molecule has 0 bridgehead atoms. The highest BCUT2D eigenvalue weighted by atomic mass is 79.9. The molecular weight excluding hydrogens is 322 g/mol. The lowest BCUT2D eigenvalue weighted by Gasteiger charge is -2.24. The van der Waals surface area contributed by atoms with Crippen LogP contribution in [0, 0.1) is 0 Å². The number of rotatable bonds is 2. The molecule has 1 fully saturated rings. The van der Waals surface area contributed by atoms with Crippen molar-refractivity contribution >= 4 is 39.3 Å². The lowest BCUT2D eigenvalue weighted by Crippen LogP contribution is -2.27. The number of carbonyl (C=O) groups is 1. The topological polar surface area (TPSA) is 20.3 Å². The second kappa shape index (κ2) is 5.39. The molecule has 1 unspecified atom stereocenters. The Labute approximate surface area is 124 Å². The van der Waals surface area contributed by atoms with Crippen molar-refractivity contribution in [3.8, 4) is 0 Å². The summed E-state index contributed by atoms with van der Waals surface area (Å²) in [6.45, 7) is 0. The number of anilines is 1. The van der Waals surface area contributed by atoms with Crippen LogP contribution in [0.1, 0.15) is 10.9 Å². The van der Waals surface area contributed by atoms with Crippen molar-refractivity contribution in [2.45, 2.75) is 5.37 Å². The van der Waals surface area contributed by atoms with Crippen LogP contribution in [-0.2, 0) is 4.79 Å². The quantitative estimate of drug-likeness (QED) is 0.819. The third kappa shape index (κ3) is 2.55. The van der Waals surface area contributed by atoms with Crippen LogP contribution in [0.15, 0.2) is 59.1 Å².